The van der Waals surface area contributed by atoms with Crippen molar-refractivity contribution in [2.24, 2.45) is 0 Å². The number of hydrogen-bond acceptors (Lipinski definition) is 3. The minimum absolute atomic E-state index is 0.0411. The van der Waals surface area contributed by atoms with Crippen LogP contribution in [-0.2, 0) is 4.79 Å². The summed E-state index contributed by atoms with van der Waals surface area (Å²) in [5.41, 5.74) is 2.48. The lowest BCUT2D eigenvalue weighted by molar-refractivity contribution is -0.120. The second-order valence-corrected chi connectivity index (χ2v) is 5.83. The monoisotopic (exact) mass is 325 g/mol. The maximum absolute atomic E-state index is 12.0. The van der Waals surface area contributed by atoms with Crippen LogP contribution in [-0.4, -0.2) is 37.4 Å². The Morgan fingerprint density at radius 2 is 1.62 bits per heavy atom. The maximum atomic E-state index is 12.0. The zero-order valence-electron chi connectivity index (χ0n) is 14.2. The topological polar surface area (TPSA) is 61.4 Å². The summed E-state index contributed by atoms with van der Waals surface area (Å²) >= 11 is 0. The second kappa shape index (κ2) is 8.15. The minimum Gasteiger partial charge on any atom is -0.376 e. The molecule has 2 amide bonds. The van der Waals surface area contributed by atoms with Crippen LogP contribution in [0.3, 0.4) is 0 Å². The van der Waals surface area contributed by atoms with Crippen molar-refractivity contribution in [1.29, 1.82) is 0 Å². The van der Waals surface area contributed by atoms with Gasteiger partial charge in [-0.1, -0.05) is 30.3 Å². The van der Waals surface area contributed by atoms with E-state index in [2.05, 4.69) is 10.6 Å². The molecular formula is C19H23N3O2. The number of benzene rings is 2. The Kier molecular flexibility index (Phi) is 5.95. The van der Waals surface area contributed by atoms with Crippen LogP contribution in [0.25, 0.3) is 0 Å². The quantitative estimate of drug-likeness (QED) is 0.858. The van der Waals surface area contributed by atoms with Crippen LogP contribution in [0.2, 0.25) is 0 Å². The highest BCUT2D eigenvalue weighted by molar-refractivity contribution is 5.94. The smallest absolute Gasteiger partial charge is 0.253 e. The van der Waals surface area contributed by atoms with E-state index in [0.717, 1.165) is 11.3 Å². The number of anilines is 1. The number of hydrogen-bond donors (Lipinski definition) is 2. The molecular weight excluding hydrogens is 302 g/mol. The van der Waals surface area contributed by atoms with E-state index < -0.39 is 0 Å². The first-order chi connectivity index (χ1) is 11.5. The van der Waals surface area contributed by atoms with Crippen LogP contribution in [0.15, 0.2) is 54.6 Å². The summed E-state index contributed by atoms with van der Waals surface area (Å²) in [6, 6.07) is 16.9. The number of carbonyl (C=O) groups excluding carboxylic acids is 2. The molecule has 0 aliphatic carbocycles. The zero-order valence-corrected chi connectivity index (χ0v) is 14.2. The average molecular weight is 325 g/mol. The molecule has 0 aromatic heterocycles. The largest absolute Gasteiger partial charge is 0.376 e. The van der Waals surface area contributed by atoms with Gasteiger partial charge in [0, 0.05) is 25.3 Å². The van der Waals surface area contributed by atoms with Gasteiger partial charge in [0.15, 0.2) is 0 Å². The van der Waals surface area contributed by atoms with Crippen molar-refractivity contribution in [2.75, 3.05) is 26.0 Å². The number of amides is 2. The fraction of sp³-hybridized carbons (Fsp3) is 0.263. The highest BCUT2D eigenvalue weighted by Gasteiger charge is 2.10. The highest BCUT2D eigenvalue weighted by atomic mass is 16.2. The van der Waals surface area contributed by atoms with Gasteiger partial charge in [-0.05, 0) is 36.8 Å². The van der Waals surface area contributed by atoms with Crippen LogP contribution in [0.4, 0.5) is 5.69 Å². The Balaban J connectivity index is 1.84. The molecule has 5 heteroatoms. The van der Waals surface area contributed by atoms with Crippen molar-refractivity contribution in [3.8, 4) is 0 Å². The summed E-state index contributed by atoms with van der Waals surface area (Å²) < 4.78 is 0. The molecule has 0 saturated carbocycles. The second-order valence-electron chi connectivity index (χ2n) is 5.83. The lowest BCUT2D eigenvalue weighted by Gasteiger charge is -2.15. The van der Waals surface area contributed by atoms with Crippen molar-refractivity contribution in [2.45, 2.75) is 13.0 Å². The van der Waals surface area contributed by atoms with E-state index in [1.54, 1.807) is 38.4 Å². The summed E-state index contributed by atoms with van der Waals surface area (Å²) in [6.45, 7) is 2.13. The van der Waals surface area contributed by atoms with E-state index >= 15 is 0 Å². The summed E-state index contributed by atoms with van der Waals surface area (Å²) in [7, 11) is 3.43. The van der Waals surface area contributed by atoms with E-state index in [-0.39, 0.29) is 24.4 Å². The molecule has 0 radical (unpaired) electrons. The van der Waals surface area contributed by atoms with Gasteiger partial charge in [0.05, 0.1) is 12.6 Å². The average Bonchev–Trinajstić information content (AvgIpc) is 2.60. The van der Waals surface area contributed by atoms with E-state index in [1.807, 2.05) is 37.3 Å². The molecule has 1 atom stereocenters. The predicted molar refractivity (Wildman–Crippen MR) is 95.9 cm³/mol. The number of nitrogens with zero attached hydrogens (tertiary/aromatic N) is 1. The van der Waals surface area contributed by atoms with Crippen molar-refractivity contribution in [3.63, 3.8) is 0 Å². The Hall–Kier alpha value is -2.82. The fourth-order valence-corrected chi connectivity index (χ4v) is 2.29. The van der Waals surface area contributed by atoms with Crippen LogP contribution in [0.1, 0.15) is 28.9 Å². The predicted octanol–water partition coefficient (Wildman–Crippen LogP) is 2.68. The molecule has 2 aromatic carbocycles. The zero-order chi connectivity index (χ0) is 17.5. The van der Waals surface area contributed by atoms with Crippen molar-refractivity contribution in [3.05, 3.63) is 65.7 Å². The van der Waals surface area contributed by atoms with E-state index in [9.17, 15) is 9.59 Å². The van der Waals surface area contributed by atoms with Gasteiger partial charge in [-0.2, -0.15) is 0 Å². The van der Waals surface area contributed by atoms with Gasteiger partial charge in [-0.25, -0.2) is 0 Å². The van der Waals surface area contributed by atoms with Crippen molar-refractivity contribution >= 4 is 17.5 Å². The lowest BCUT2D eigenvalue weighted by Crippen LogP contribution is -2.32. The molecule has 2 rings (SSSR count). The number of carbonyl (C=O) groups is 2. The number of nitrogens with one attached hydrogen (secondary N) is 2. The van der Waals surface area contributed by atoms with E-state index in [1.165, 1.54) is 4.90 Å². The molecule has 2 aromatic rings. The molecule has 0 aliphatic heterocycles. The molecule has 24 heavy (non-hydrogen) atoms. The summed E-state index contributed by atoms with van der Waals surface area (Å²) in [6.07, 6.45) is 0. The van der Waals surface area contributed by atoms with Crippen LogP contribution >= 0.6 is 0 Å². The first-order valence-electron chi connectivity index (χ1n) is 7.87. The SMILES string of the molecule is CC(NC(=O)CNc1ccc(C(=O)N(C)C)cc1)c1ccccc1. The van der Waals surface area contributed by atoms with Gasteiger partial charge in [-0.15, -0.1) is 0 Å². The van der Waals surface area contributed by atoms with Gasteiger partial charge in [-0.3, -0.25) is 9.59 Å². The third-order valence-corrected chi connectivity index (χ3v) is 3.67. The molecule has 2 N–H and O–H groups in total. The van der Waals surface area contributed by atoms with E-state index in [4.69, 9.17) is 0 Å². The summed E-state index contributed by atoms with van der Waals surface area (Å²) in [4.78, 5) is 25.4. The molecule has 0 spiro atoms. The third kappa shape index (κ3) is 4.84. The number of rotatable bonds is 6. The van der Waals surface area contributed by atoms with Crippen molar-refractivity contribution < 1.29 is 9.59 Å². The van der Waals surface area contributed by atoms with Gasteiger partial charge in [0.1, 0.15) is 0 Å². The Labute approximate surface area is 142 Å². The molecule has 1 unspecified atom stereocenters. The summed E-state index contributed by atoms with van der Waals surface area (Å²) in [5.74, 6) is -0.129. The Bertz CT molecular complexity index is 682. The first kappa shape index (κ1) is 17.5. The van der Waals surface area contributed by atoms with Crippen LogP contribution in [0, 0.1) is 0 Å². The molecule has 0 heterocycles. The normalized spacial score (nSPS) is 11.5. The fourth-order valence-electron chi connectivity index (χ4n) is 2.29. The van der Waals surface area contributed by atoms with Gasteiger partial charge < -0.3 is 15.5 Å². The highest BCUT2D eigenvalue weighted by Crippen LogP contribution is 2.12. The Morgan fingerprint density at radius 3 is 2.21 bits per heavy atom. The first-order valence-corrected chi connectivity index (χ1v) is 7.87. The molecule has 0 aliphatic rings. The van der Waals surface area contributed by atoms with Crippen LogP contribution < -0.4 is 10.6 Å². The van der Waals surface area contributed by atoms with Crippen molar-refractivity contribution in [1.82, 2.24) is 10.2 Å². The third-order valence-electron chi connectivity index (χ3n) is 3.67. The Morgan fingerprint density at radius 1 is 1.00 bits per heavy atom. The maximum Gasteiger partial charge on any atom is 0.253 e. The van der Waals surface area contributed by atoms with E-state index in [0.29, 0.717) is 5.56 Å². The molecule has 0 fully saturated rings. The van der Waals surface area contributed by atoms with Gasteiger partial charge in [0.25, 0.3) is 5.91 Å². The molecule has 5 nitrogen and oxygen atoms in total. The standard InChI is InChI=1S/C19H23N3O2/c1-14(15-7-5-4-6-8-15)21-18(23)13-20-17-11-9-16(10-12-17)19(24)22(2)3/h4-12,14,20H,13H2,1-3H3,(H,21,23). The molecule has 126 valence electrons. The van der Waals surface area contributed by atoms with Gasteiger partial charge >= 0.3 is 0 Å². The lowest BCUT2D eigenvalue weighted by atomic mass is 10.1. The minimum atomic E-state index is -0.0835. The van der Waals surface area contributed by atoms with Crippen LogP contribution in [0.5, 0.6) is 0 Å². The molecule has 0 saturated heterocycles. The van der Waals surface area contributed by atoms with Gasteiger partial charge in [0.2, 0.25) is 5.91 Å². The summed E-state index contributed by atoms with van der Waals surface area (Å²) in [5, 5.41) is 6.01. The molecule has 0 bridgehead atoms.